The van der Waals surface area contributed by atoms with Crippen molar-refractivity contribution in [2.75, 3.05) is 4.90 Å². The lowest BCUT2D eigenvalue weighted by molar-refractivity contribution is -0.122. The van der Waals surface area contributed by atoms with Crippen LogP contribution in [0.15, 0.2) is 60.4 Å². The number of rotatable bonds is 4. The molecule has 1 aliphatic rings. The molecule has 0 unspecified atom stereocenters. The molecule has 31 heavy (non-hydrogen) atoms. The van der Waals surface area contributed by atoms with Crippen molar-refractivity contribution < 1.29 is 14.4 Å². The van der Waals surface area contributed by atoms with Crippen LogP contribution in [0, 0.1) is 13.8 Å². The highest BCUT2D eigenvalue weighted by Gasteiger charge is 2.37. The molecule has 7 heteroatoms. The molecule has 1 N–H and O–H groups in total. The standard InChI is InChI=1S/C24H22N4O3/c1-4-17-7-9-19(10-8-17)28-23(30)21(22(29)26-24(28)31)13-18-12-15(2)27(16(18)3)20-6-5-11-25-14-20/h5-14H,4H2,1-3H3,(H,26,29,31)/b21-13-. The van der Waals surface area contributed by atoms with Gasteiger partial charge in [0.1, 0.15) is 5.57 Å². The fourth-order valence-electron chi connectivity index (χ4n) is 3.75. The summed E-state index contributed by atoms with van der Waals surface area (Å²) in [7, 11) is 0. The molecule has 156 valence electrons. The van der Waals surface area contributed by atoms with Crippen LogP contribution in [-0.4, -0.2) is 27.4 Å². The molecule has 1 aliphatic heterocycles. The van der Waals surface area contributed by atoms with Gasteiger partial charge in [-0.05, 0) is 67.8 Å². The van der Waals surface area contributed by atoms with Crippen LogP contribution in [-0.2, 0) is 16.0 Å². The molecular formula is C24H22N4O3. The first-order chi connectivity index (χ1) is 14.9. The summed E-state index contributed by atoms with van der Waals surface area (Å²) in [6.45, 7) is 5.87. The lowest BCUT2D eigenvalue weighted by atomic mass is 10.1. The molecule has 2 aromatic heterocycles. The Morgan fingerprint density at radius 2 is 1.77 bits per heavy atom. The number of urea groups is 1. The van der Waals surface area contributed by atoms with Crippen LogP contribution in [0.2, 0.25) is 0 Å². The van der Waals surface area contributed by atoms with Crippen LogP contribution in [0.3, 0.4) is 0 Å². The van der Waals surface area contributed by atoms with E-state index in [1.54, 1.807) is 24.5 Å². The molecule has 1 aromatic carbocycles. The number of imide groups is 2. The third-order valence-corrected chi connectivity index (χ3v) is 5.38. The van der Waals surface area contributed by atoms with Gasteiger partial charge < -0.3 is 4.57 Å². The molecule has 0 saturated carbocycles. The average Bonchev–Trinajstić information content (AvgIpc) is 3.05. The van der Waals surface area contributed by atoms with Crippen molar-refractivity contribution in [1.82, 2.24) is 14.9 Å². The maximum Gasteiger partial charge on any atom is 0.335 e. The number of anilines is 1. The molecule has 0 atom stereocenters. The number of aryl methyl sites for hydroxylation is 2. The Labute approximate surface area is 180 Å². The maximum atomic E-state index is 13.1. The summed E-state index contributed by atoms with van der Waals surface area (Å²) in [5.74, 6) is -1.35. The maximum absolute atomic E-state index is 13.1. The van der Waals surface area contributed by atoms with Crippen molar-refractivity contribution in [2.24, 2.45) is 0 Å². The van der Waals surface area contributed by atoms with E-state index in [1.807, 2.05) is 55.7 Å². The van der Waals surface area contributed by atoms with Gasteiger partial charge in [0, 0.05) is 17.6 Å². The lowest BCUT2D eigenvalue weighted by Gasteiger charge is -2.26. The van der Waals surface area contributed by atoms with E-state index in [9.17, 15) is 14.4 Å². The predicted molar refractivity (Wildman–Crippen MR) is 118 cm³/mol. The number of nitrogens with one attached hydrogen (secondary N) is 1. The molecule has 0 aliphatic carbocycles. The van der Waals surface area contributed by atoms with Gasteiger partial charge in [-0.2, -0.15) is 0 Å². The number of hydrogen-bond donors (Lipinski definition) is 1. The molecule has 0 radical (unpaired) electrons. The van der Waals surface area contributed by atoms with Gasteiger partial charge in [-0.1, -0.05) is 19.1 Å². The van der Waals surface area contributed by atoms with E-state index in [2.05, 4.69) is 10.3 Å². The van der Waals surface area contributed by atoms with E-state index >= 15 is 0 Å². The van der Waals surface area contributed by atoms with Gasteiger partial charge >= 0.3 is 6.03 Å². The van der Waals surface area contributed by atoms with Crippen molar-refractivity contribution in [3.05, 3.63) is 82.9 Å². The smallest absolute Gasteiger partial charge is 0.316 e. The molecule has 7 nitrogen and oxygen atoms in total. The minimum atomic E-state index is -0.753. The average molecular weight is 414 g/mol. The molecule has 1 fully saturated rings. The third-order valence-electron chi connectivity index (χ3n) is 5.38. The molecule has 0 spiro atoms. The lowest BCUT2D eigenvalue weighted by Crippen LogP contribution is -2.54. The van der Waals surface area contributed by atoms with E-state index in [0.717, 1.165) is 39.5 Å². The van der Waals surface area contributed by atoms with Gasteiger partial charge in [0.25, 0.3) is 11.8 Å². The van der Waals surface area contributed by atoms with E-state index in [-0.39, 0.29) is 5.57 Å². The van der Waals surface area contributed by atoms with Gasteiger partial charge in [0.05, 0.1) is 17.6 Å². The summed E-state index contributed by atoms with van der Waals surface area (Å²) in [6.07, 6.45) is 5.82. The highest BCUT2D eigenvalue weighted by molar-refractivity contribution is 6.39. The SMILES string of the molecule is CCc1ccc(N2C(=O)NC(=O)/C(=C/c3cc(C)n(-c4cccnc4)c3C)C2=O)cc1. The van der Waals surface area contributed by atoms with E-state index < -0.39 is 17.8 Å². The van der Waals surface area contributed by atoms with Crippen LogP contribution in [0.25, 0.3) is 11.8 Å². The van der Waals surface area contributed by atoms with E-state index in [1.165, 1.54) is 6.08 Å². The second-order valence-electron chi connectivity index (χ2n) is 7.35. The minimum Gasteiger partial charge on any atom is -0.316 e. The predicted octanol–water partition coefficient (Wildman–Crippen LogP) is 3.72. The van der Waals surface area contributed by atoms with Gasteiger partial charge in [-0.25, -0.2) is 9.69 Å². The Morgan fingerprint density at radius 1 is 1.03 bits per heavy atom. The Balaban J connectivity index is 1.74. The number of hydrogen-bond acceptors (Lipinski definition) is 4. The summed E-state index contributed by atoms with van der Waals surface area (Å²) in [4.78, 5) is 43.2. The summed E-state index contributed by atoms with van der Waals surface area (Å²) >= 11 is 0. The number of pyridine rings is 1. The Morgan fingerprint density at radius 3 is 2.42 bits per heavy atom. The normalized spacial score (nSPS) is 15.5. The summed E-state index contributed by atoms with van der Waals surface area (Å²) in [6, 6.07) is 12.1. The number of barbiturate groups is 1. The van der Waals surface area contributed by atoms with Crippen molar-refractivity contribution in [1.29, 1.82) is 0 Å². The van der Waals surface area contributed by atoms with Crippen molar-refractivity contribution in [3.8, 4) is 5.69 Å². The first-order valence-electron chi connectivity index (χ1n) is 10.0. The second-order valence-corrected chi connectivity index (χ2v) is 7.35. The highest BCUT2D eigenvalue weighted by atomic mass is 16.2. The number of amides is 4. The van der Waals surface area contributed by atoms with Crippen LogP contribution < -0.4 is 10.2 Å². The zero-order valence-corrected chi connectivity index (χ0v) is 17.5. The molecule has 3 aromatic rings. The number of nitrogens with zero attached hydrogens (tertiary/aromatic N) is 3. The fraction of sp³-hybridized carbons (Fsp3) is 0.167. The third kappa shape index (κ3) is 3.66. The summed E-state index contributed by atoms with van der Waals surface area (Å²) in [5.41, 5.74) is 4.80. The van der Waals surface area contributed by atoms with E-state index in [0.29, 0.717) is 5.69 Å². The summed E-state index contributed by atoms with van der Waals surface area (Å²) in [5, 5.41) is 2.27. The van der Waals surface area contributed by atoms with Crippen LogP contribution in [0.1, 0.15) is 29.4 Å². The highest BCUT2D eigenvalue weighted by Crippen LogP contribution is 2.26. The monoisotopic (exact) mass is 414 g/mol. The largest absolute Gasteiger partial charge is 0.335 e. The Hall–Kier alpha value is -4.00. The first kappa shape index (κ1) is 20.3. The van der Waals surface area contributed by atoms with Crippen LogP contribution >= 0.6 is 0 Å². The van der Waals surface area contributed by atoms with Gasteiger partial charge in [0.15, 0.2) is 0 Å². The zero-order valence-electron chi connectivity index (χ0n) is 17.5. The second kappa shape index (κ2) is 8.02. The molecule has 3 heterocycles. The van der Waals surface area contributed by atoms with Crippen LogP contribution in [0.5, 0.6) is 0 Å². The Bertz CT molecular complexity index is 1210. The van der Waals surface area contributed by atoms with Crippen molar-refractivity contribution in [3.63, 3.8) is 0 Å². The number of benzene rings is 1. The fourth-order valence-corrected chi connectivity index (χ4v) is 3.75. The zero-order chi connectivity index (χ0) is 22.1. The van der Waals surface area contributed by atoms with E-state index in [4.69, 9.17) is 0 Å². The van der Waals surface area contributed by atoms with Gasteiger partial charge in [-0.3, -0.25) is 19.9 Å². The molecule has 0 bridgehead atoms. The summed E-state index contributed by atoms with van der Waals surface area (Å²) < 4.78 is 2.00. The Kier molecular flexibility index (Phi) is 5.25. The topological polar surface area (TPSA) is 84.3 Å². The van der Waals surface area contributed by atoms with Crippen molar-refractivity contribution >= 4 is 29.6 Å². The van der Waals surface area contributed by atoms with Crippen molar-refractivity contribution in [2.45, 2.75) is 27.2 Å². The number of carbonyl (C=O) groups is 3. The van der Waals surface area contributed by atoms with Crippen LogP contribution in [0.4, 0.5) is 10.5 Å². The number of aromatic nitrogens is 2. The minimum absolute atomic E-state index is 0.0920. The quantitative estimate of drug-likeness (QED) is 0.521. The molecule has 4 amide bonds. The molecule has 1 saturated heterocycles. The van der Waals surface area contributed by atoms with Gasteiger partial charge in [-0.15, -0.1) is 0 Å². The van der Waals surface area contributed by atoms with Gasteiger partial charge in [0.2, 0.25) is 0 Å². The molecule has 4 rings (SSSR count). The number of carbonyl (C=O) groups excluding carboxylic acids is 3. The first-order valence-corrected chi connectivity index (χ1v) is 10.0. The molecular weight excluding hydrogens is 392 g/mol.